The maximum absolute atomic E-state index is 6.54. The van der Waals surface area contributed by atoms with Crippen LogP contribution in [0.4, 0.5) is 0 Å². The van der Waals surface area contributed by atoms with E-state index in [1.54, 1.807) is 0 Å². The zero-order valence-electron chi connectivity index (χ0n) is 12.1. The second-order valence-corrected chi connectivity index (χ2v) is 5.45. The largest absolute Gasteiger partial charge is 0.335 e. The predicted octanol–water partition coefficient (Wildman–Crippen LogP) is 3.02. The number of nitrogens with zero attached hydrogens (tertiary/aromatic N) is 2. The highest BCUT2D eigenvalue weighted by molar-refractivity contribution is 5.32. The number of rotatable bonds is 5. The number of aromatic nitrogens is 2. The van der Waals surface area contributed by atoms with Crippen LogP contribution in [0, 0.1) is 6.92 Å². The van der Waals surface area contributed by atoms with Gasteiger partial charge in [-0.05, 0) is 31.4 Å². The molecule has 2 aromatic rings. The van der Waals surface area contributed by atoms with Crippen molar-refractivity contribution in [1.82, 2.24) is 9.55 Å². The molecule has 1 heterocycles. The fraction of sp³-hybridized carbons (Fsp3) is 0.438. The maximum Gasteiger partial charge on any atom is 0.110 e. The Labute approximate surface area is 115 Å². The van der Waals surface area contributed by atoms with Crippen molar-refractivity contribution >= 4 is 0 Å². The third-order valence-corrected chi connectivity index (χ3v) is 3.55. The third kappa shape index (κ3) is 3.04. The number of benzene rings is 1. The second-order valence-electron chi connectivity index (χ2n) is 5.45. The summed E-state index contributed by atoms with van der Waals surface area (Å²) in [5.41, 5.74) is 8.59. The monoisotopic (exact) mass is 257 g/mol. The van der Waals surface area contributed by atoms with E-state index in [9.17, 15) is 0 Å². The van der Waals surface area contributed by atoms with E-state index in [0.29, 0.717) is 0 Å². The number of aryl methyl sites for hydroxylation is 2. The van der Waals surface area contributed by atoms with E-state index in [4.69, 9.17) is 5.73 Å². The van der Waals surface area contributed by atoms with Crippen LogP contribution in [0.3, 0.4) is 0 Å². The van der Waals surface area contributed by atoms with E-state index in [-0.39, 0.29) is 5.54 Å². The molecule has 0 fully saturated rings. The maximum atomic E-state index is 6.54. The molecule has 0 aliphatic rings. The minimum absolute atomic E-state index is 0.387. The molecule has 0 saturated heterocycles. The standard InChI is InChI=1S/C16H23N3/c1-4-10-19-11-9-18-15(19)12-16(3,17)14-8-6-5-7-13(14)2/h5-9,11H,4,10,12,17H2,1-3H3. The summed E-state index contributed by atoms with van der Waals surface area (Å²) in [5.74, 6) is 1.06. The molecule has 0 spiro atoms. The fourth-order valence-electron chi connectivity index (χ4n) is 2.59. The van der Waals surface area contributed by atoms with Crippen LogP contribution in [0.1, 0.15) is 37.2 Å². The van der Waals surface area contributed by atoms with Crippen molar-refractivity contribution in [3.8, 4) is 0 Å². The molecule has 0 aliphatic heterocycles. The lowest BCUT2D eigenvalue weighted by atomic mass is 9.86. The molecule has 3 heteroatoms. The summed E-state index contributed by atoms with van der Waals surface area (Å²) in [6, 6.07) is 8.32. The summed E-state index contributed by atoms with van der Waals surface area (Å²) in [7, 11) is 0. The Kier molecular flexibility index (Phi) is 4.05. The summed E-state index contributed by atoms with van der Waals surface area (Å²) >= 11 is 0. The fourth-order valence-corrected chi connectivity index (χ4v) is 2.59. The number of hydrogen-bond donors (Lipinski definition) is 1. The Bertz CT molecular complexity index is 540. The molecule has 0 bridgehead atoms. The van der Waals surface area contributed by atoms with Gasteiger partial charge in [0.2, 0.25) is 0 Å². The molecule has 1 aromatic carbocycles. The molecule has 2 rings (SSSR count). The highest BCUT2D eigenvalue weighted by Gasteiger charge is 2.25. The topological polar surface area (TPSA) is 43.8 Å². The lowest BCUT2D eigenvalue weighted by Crippen LogP contribution is -2.37. The van der Waals surface area contributed by atoms with Crippen LogP contribution < -0.4 is 5.73 Å². The molecule has 1 atom stereocenters. The van der Waals surface area contributed by atoms with Crippen molar-refractivity contribution in [2.45, 2.75) is 45.7 Å². The third-order valence-electron chi connectivity index (χ3n) is 3.55. The van der Waals surface area contributed by atoms with Gasteiger partial charge in [-0.1, -0.05) is 31.2 Å². The van der Waals surface area contributed by atoms with E-state index in [1.165, 1.54) is 11.1 Å². The Hall–Kier alpha value is -1.61. The minimum atomic E-state index is -0.387. The van der Waals surface area contributed by atoms with Crippen LogP contribution in [0.2, 0.25) is 0 Å². The van der Waals surface area contributed by atoms with Crippen LogP contribution in [-0.2, 0) is 18.5 Å². The van der Waals surface area contributed by atoms with Gasteiger partial charge in [-0.25, -0.2) is 4.98 Å². The molecule has 19 heavy (non-hydrogen) atoms. The summed E-state index contributed by atoms with van der Waals surface area (Å²) in [5, 5.41) is 0. The van der Waals surface area contributed by atoms with Crippen LogP contribution in [-0.4, -0.2) is 9.55 Å². The van der Waals surface area contributed by atoms with Gasteiger partial charge >= 0.3 is 0 Å². The quantitative estimate of drug-likeness (QED) is 0.894. The van der Waals surface area contributed by atoms with E-state index < -0.39 is 0 Å². The average Bonchev–Trinajstić information content (AvgIpc) is 2.77. The van der Waals surface area contributed by atoms with Gasteiger partial charge in [-0.15, -0.1) is 0 Å². The van der Waals surface area contributed by atoms with Crippen LogP contribution in [0.15, 0.2) is 36.7 Å². The van der Waals surface area contributed by atoms with Crippen LogP contribution >= 0.6 is 0 Å². The molecule has 0 saturated carbocycles. The molecule has 102 valence electrons. The Morgan fingerprint density at radius 1 is 1.32 bits per heavy atom. The average molecular weight is 257 g/mol. The highest BCUT2D eigenvalue weighted by atomic mass is 15.1. The van der Waals surface area contributed by atoms with Crippen molar-refractivity contribution in [3.63, 3.8) is 0 Å². The lowest BCUT2D eigenvalue weighted by molar-refractivity contribution is 0.459. The van der Waals surface area contributed by atoms with Crippen molar-refractivity contribution in [2.24, 2.45) is 5.73 Å². The van der Waals surface area contributed by atoms with Gasteiger partial charge in [0.05, 0.1) is 0 Å². The van der Waals surface area contributed by atoms with Gasteiger partial charge in [0.15, 0.2) is 0 Å². The molecule has 0 amide bonds. The first-order valence-electron chi connectivity index (χ1n) is 6.89. The number of nitrogens with two attached hydrogens (primary N) is 1. The SMILES string of the molecule is CCCn1ccnc1CC(C)(N)c1ccccc1C. The summed E-state index contributed by atoms with van der Waals surface area (Å²) in [6.45, 7) is 7.37. The molecule has 2 N–H and O–H groups in total. The summed E-state index contributed by atoms with van der Waals surface area (Å²) in [4.78, 5) is 4.46. The summed E-state index contributed by atoms with van der Waals surface area (Å²) in [6.07, 6.45) is 5.76. The van der Waals surface area contributed by atoms with Crippen molar-refractivity contribution in [1.29, 1.82) is 0 Å². The van der Waals surface area contributed by atoms with Crippen molar-refractivity contribution in [3.05, 3.63) is 53.6 Å². The van der Waals surface area contributed by atoms with Crippen molar-refractivity contribution in [2.75, 3.05) is 0 Å². The predicted molar refractivity (Wildman–Crippen MR) is 78.9 cm³/mol. The van der Waals surface area contributed by atoms with Crippen LogP contribution in [0.5, 0.6) is 0 Å². The van der Waals surface area contributed by atoms with Crippen molar-refractivity contribution < 1.29 is 0 Å². The smallest absolute Gasteiger partial charge is 0.110 e. The normalized spacial score (nSPS) is 14.3. The first-order valence-corrected chi connectivity index (χ1v) is 6.89. The summed E-state index contributed by atoms with van der Waals surface area (Å²) < 4.78 is 2.20. The first-order chi connectivity index (χ1) is 9.04. The van der Waals surface area contributed by atoms with Gasteiger partial charge in [-0.3, -0.25) is 0 Å². The van der Waals surface area contributed by atoms with E-state index in [0.717, 1.165) is 25.2 Å². The highest BCUT2D eigenvalue weighted by Crippen LogP contribution is 2.25. The lowest BCUT2D eigenvalue weighted by Gasteiger charge is -2.27. The molecular formula is C16H23N3. The Morgan fingerprint density at radius 2 is 2.05 bits per heavy atom. The van der Waals surface area contributed by atoms with Gasteiger partial charge in [0.25, 0.3) is 0 Å². The zero-order valence-corrected chi connectivity index (χ0v) is 12.1. The molecule has 3 nitrogen and oxygen atoms in total. The second kappa shape index (κ2) is 5.57. The number of imidazole rings is 1. The van der Waals surface area contributed by atoms with E-state index in [1.807, 2.05) is 24.5 Å². The van der Waals surface area contributed by atoms with Gasteiger partial charge < -0.3 is 10.3 Å². The first kappa shape index (κ1) is 13.8. The van der Waals surface area contributed by atoms with Crippen LogP contribution in [0.25, 0.3) is 0 Å². The Balaban J connectivity index is 2.26. The van der Waals surface area contributed by atoms with Gasteiger partial charge in [-0.2, -0.15) is 0 Å². The van der Waals surface area contributed by atoms with Gasteiger partial charge in [0.1, 0.15) is 5.82 Å². The minimum Gasteiger partial charge on any atom is -0.335 e. The molecule has 1 aromatic heterocycles. The Morgan fingerprint density at radius 3 is 2.74 bits per heavy atom. The number of hydrogen-bond acceptors (Lipinski definition) is 2. The van der Waals surface area contributed by atoms with E-state index in [2.05, 4.69) is 42.5 Å². The molecular weight excluding hydrogens is 234 g/mol. The molecule has 0 radical (unpaired) electrons. The zero-order chi connectivity index (χ0) is 13.9. The molecule has 1 unspecified atom stereocenters. The van der Waals surface area contributed by atoms with E-state index >= 15 is 0 Å². The van der Waals surface area contributed by atoms with Gasteiger partial charge in [0, 0.05) is 30.9 Å². The molecule has 0 aliphatic carbocycles.